The summed E-state index contributed by atoms with van der Waals surface area (Å²) in [6.45, 7) is 5.96. The Morgan fingerprint density at radius 1 is 0.944 bits per heavy atom. The highest BCUT2D eigenvalue weighted by molar-refractivity contribution is 6.34. The molecule has 4 aromatic rings. The van der Waals surface area contributed by atoms with Crippen molar-refractivity contribution in [3.05, 3.63) is 71.1 Å². The lowest BCUT2D eigenvalue weighted by Gasteiger charge is -2.24. The van der Waals surface area contributed by atoms with Crippen molar-refractivity contribution in [2.75, 3.05) is 20.3 Å². The SMILES string of the molecule is COc1cncc(-c2cc3c(OCC[C@H]4CCCCN4)c(-c4cc(C)cc(C)c4)cnc3cc2Cl)c1. The van der Waals surface area contributed by atoms with E-state index in [4.69, 9.17) is 26.1 Å². The number of nitrogens with one attached hydrogen (secondary N) is 1. The Bertz CT molecular complexity index is 1360. The molecule has 0 aliphatic carbocycles. The summed E-state index contributed by atoms with van der Waals surface area (Å²) in [5.41, 5.74) is 7.07. The largest absolute Gasteiger partial charge is 0.495 e. The lowest BCUT2D eigenvalue weighted by atomic mass is 9.98. The van der Waals surface area contributed by atoms with E-state index in [0.29, 0.717) is 23.4 Å². The van der Waals surface area contributed by atoms with Crippen LogP contribution in [0.4, 0.5) is 0 Å². The van der Waals surface area contributed by atoms with Crippen LogP contribution in [0.15, 0.2) is 55.0 Å². The summed E-state index contributed by atoms with van der Waals surface area (Å²) in [6.07, 6.45) is 10.1. The Morgan fingerprint density at radius 3 is 2.53 bits per heavy atom. The maximum Gasteiger partial charge on any atom is 0.138 e. The van der Waals surface area contributed by atoms with Crippen molar-refractivity contribution < 1.29 is 9.47 Å². The number of hydrogen-bond acceptors (Lipinski definition) is 5. The highest BCUT2D eigenvalue weighted by Crippen LogP contribution is 2.41. The normalized spacial score (nSPS) is 15.7. The number of methoxy groups -OCH3 is 1. The second kappa shape index (κ2) is 10.9. The Morgan fingerprint density at radius 2 is 1.78 bits per heavy atom. The first kappa shape index (κ1) is 24.5. The standard InChI is InChI=1S/C30H32ClN3O2/c1-19-10-20(2)12-21(11-19)27-18-34-29-15-28(31)25(22-13-24(35-3)17-32-16-22)14-26(29)30(27)36-9-7-23-6-4-5-8-33-23/h10-18,23,33H,4-9H2,1-3H3/t23-/m1/s1. The third-order valence-corrected chi connectivity index (χ3v) is 7.14. The van der Waals surface area contributed by atoms with Crippen LogP contribution in [0.2, 0.25) is 5.02 Å². The second-order valence-corrected chi connectivity index (χ2v) is 10.0. The molecule has 1 aliphatic rings. The maximum absolute atomic E-state index is 6.73. The molecule has 186 valence electrons. The van der Waals surface area contributed by atoms with Gasteiger partial charge in [0.15, 0.2) is 0 Å². The number of rotatable bonds is 7. The number of piperidine rings is 1. The van der Waals surface area contributed by atoms with E-state index in [-0.39, 0.29) is 0 Å². The molecule has 0 saturated carbocycles. The number of aromatic nitrogens is 2. The average molecular weight is 502 g/mol. The Labute approximate surface area is 217 Å². The van der Waals surface area contributed by atoms with Crippen molar-refractivity contribution in [3.8, 4) is 33.8 Å². The number of nitrogens with zero attached hydrogens (tertiary/aromatic N) is 2. The number of ether oxygens (including phenoxy) is 2. The minimum atomic E-state index is 0.504. The molecule has 2 aromatic carbocycles. The quantitative estimate of drug-likeness (QED) is 0.291. The van der Waals surface area contributed by atoms with Gasteiger partial charge < -0.3 is 14.8 Å². The van der Waals surface area contributed by atoms with E-state index in [0.717, 1.165) is 51.9 Å². The number of aryl methyl sites for hydroxylation is 2. The topological polar surface area (TPSA) is 56.3 Å². The molecule has 6 heteroatoms. The molecular weight excluding hydrogens is 470 g/mol. The van der Waals surface area contributed by atoms with Gasteiger partial charge in [0.05, 0.1) is 30.5 Å². The molecule has 2 aromatic heterocycles. The maximum atomic E-state index is 6.73. The van der Waals surface area contributed by atoms with Gasteiger partial charge in [-0.25, -0.2) is 0 Å². The molecule has 3 heterocycles. The summed E-state index contributed by atoms with van der Waals surface area (Å²) in [4.78, 5) is 9.11. The summed E-state index contributed by atoms with van der Waals surface area (Å²) < 4.78 is 12.0. The molecule has 0 radical (unpaired) electrons. The van der Waals surface area contributed by atoms with Gasteiger partial charge in [-0.15, -0.1) is 0 Å². The van der Waals surface area contributed by atoms with Crippen LogP contribution in [-0.4, -0.2) is 36.3 Å². The van der Waals surface area contributed by atoms with Crippen LogP contribution in [0, 0.1) is 13.8 Å². The van der Waals surface area contributed by atoms with Gasteiger partial charge >= 0.3 is 0 Å². The van der Waals surface area contributed by atoms with Crippen LogP contribution in [0.1, 0.15) is 36.8 Å². The minimum absolute atomic E-state index is 0.504. The van der Waals surface area contributed by atoms with E-state index in [1.807, 2.05) is 18.3 Å². The predicted molar refractivity (Wildman–Crippen MR) is 147 cm³/mol. The van der Waals surface area contributed by atoms with Gasteiger partial charge in [-0.3, -0.25) is 9.97 Å². The van der Waals surface area contributed by atoms with E-state index in [2.05, 4.69) is 48.4 Å². The molecule has 0 unspecified atom stereocenters. The third-order valence-electron chi connectivity index (χ3n) is 6.83. The van der Waals surface area contributed by atoms with Crippen LogP contribution in [0.5, 0.6) is 11.5 Å². The fraction of sp³-hybridized carbons (Fsp3) is 0.333. The molecular formula is C30H32ClN3O2. The molecule has 1 N–H and O–H groups in total. The summed E-state index contributed by atoms with van der Waals surface area (Å²) in [7, 11) is 1.63. The van der Waals surface area contributed by atoms with E-state index in [9.17, 15) is 0 Å². The molecule has 36 heavy (non-hydrogen) atoms. The summed E-state index contributed by atoms with van der Waals surface area (Å²) in [5.74, 6) is 1.52. The first-order valence-corrected chi connectivity index (χ1v) is 13.0. The molecule has 5 rings (SSSR count). The summed E-state index contributed by atoms with van der Waals surface area (Å²) in [5, 5.41) is 5.17. The first-order chi connectivity index (χ1) is 17.5. The molecule has 0 bridgehead atoms. The van der Waals surface area contributed by atoms with E-state index < -0.39 is 0 Å². The van der Waals surface area contributed by atoms with Crippen molar-refractivity contribution in [1.82, 2.24) is 15.3 Å². The monoisotopic (exact) mass is 501 g/mol. The Balaban J connectivity index is 1.61. The van der Waals surface area contributed by atoms with Crippen LogP contribution >= 0.6 is 11.6 Å². The van der Waals surface area contributed by atoms with Gasteiger partial charge in [0, 0.05) is 40.5 Å². The Hall–Kier alpha value is -3.15. The van der Waals surface area contributed by atoms with Crippen molar-refractivity contribution in [2.45, 2.75) is 45.6 Å². The fourth-order valence-corrected chi connectivity index (χ4v) is 5.32. The molecule has 0 amide bonds. The number of halogens is 1. The van der Waals surface area contributed by atoms with Crippen molar-refractivity contribution >= 4 is 22.5 Å². The zero-order valence-electron chi connectivity index (χ0n) is 21.1. The van der Waals surface area contributed by atoms with Crippen LogP contribution in [0.3, 0.4) is 0 Å². The first-order valence-electron chi connectivity index (χ1n) is 12.6. The molecule has 1 atom stereocenters. The lowest BCUT2D eigenvalue weighted by molar-refractivity contribution is 0.271. The van der Waals surface area contributed by atoms with Crippen LogP contribution in [-0.2, 0) is 0 Å². The predicted octanol–water partition coefficient (Wildman–Crippen LogP) is 7.15. The second-order valence-electron chi connectivity index (χ2n) is 9.62. The lowest BCUT2D eigenvalue weighted by Crippen LogP contribution is -2.35. The minimum Gasteiger partial charge on any atom is -0.495 e. The van der Waals surface area contributed by atoms with Crippen LogP contribution < -0.4 is 14.8 Å². The number of fused-ring (bicyclic) bond motifs is 1. The van der Waals surface area contributed by atoms with Crippen molar-refractivity contribution in [3.63, 3.8) is 0 Å². The highest BCUT2D eigenvalue weighted by atomic mass is 35.5. The number of pyridine rings is 2. The van der Waals surface area contributed by atoms with Gasteiger partial charge in [0.2, 0.25) is 0 Å². The molecule has 0 spiro atoms. The third kappa shape index (κ3) is 5.32. The van der Waals surface area contributed by atoms with Gasteiger partial charge in [-0.05, 0) is 63.4 Å². The van der Waals surface area contributed by atoms with E-state index in [1.54, 1.807) is 19.5 Å². The van der Waals surface area contributed by atoms with Crippen molar-refractivity contribution in [1.29, 1.82) is 0 Å². The zero-order chi connectivity index (χ0) is 25.1. The van der Waals surface area contributed by atoms with Crippen LogP contribution in [0.25, 0.3) is 33.2 Å². The van der Waals surface area contributed by atoms with E-state index >= 15 is 0 Å². The molecule has 1 saturated heterocycles. The fourth-order valence-electron chi connectivity index (χ4n) is 5.05. The Kier molecular flexibility index (Phi) is 7.40. The molecule has 1 fully saturated rings. The van der Waals surface area contributed by atoms with Crippen molar-refractivity contribution in [2.24, 2.45) is 0 Å². The van der Waals surface area contributed by atoms with Gasteiger partial charge in [0.1, 0.15) is 11.5 Å². The molecule has 5 nitrogen and oxygen atoms in total. The zero-order valence-corrected chi connectivity index (χ0v) is 21.9. The smallest absolute Gasteiger partial charge is 0.138 e. The average Bonchev–Trinajstić information content (AvgIpc) is 2.88. The number of hydrogen-bond donors (Lipinski definition) is 1. The van der Waals surface area contributed by atoms with Gasteiger partial charge in [-0.1, -0.05) is 47.3 Å². The highest BCUT2D eigenvalue weighted by Gasteiger charge is 2.18. The van der Waals surface area contributed by atoms with Gasteiger partial charge in [-0.2, -0.15) is 0 Å². The number of benzene rings is 2. The summed E-state index contributed by atoms with van der Waals surface area (Å²) >= 11 is 6.73. The molecule has 1 aliphatic heterocycles. The van der Waals surface area contributed by atoms with E-state index in [1.165, 1.54) is 30.4 Å². The summed E-state index contributed by atoms with van der Waals surface area (Å²) in [6, 6.07) is 13.0. The van der Waals surface area contributed by atoms with Gasteiger partial charge in [0.25, 0.3) is 0 Å².